The van der Waals surface area contributed by atoms with E-state index < -0.39 is 0 Å². The third-order valence-electron chi connectivity index (χ3n) is 6.19. The molecule has 1 aromatic rings. The van der Waals surface area contributed by atoms with E-state index in [2.05, 4.69) is 13.8 Å². The summed E-state index contributed by atoms with van der Waals surface area (Å²) < 4.78 is 0. The summed E-state index contributed by atoms with van der Waals surface area (Å²) in [5, 5.41) is 0. The van der Waals surface area contributed by atoms with Crippen LogP contribution in [0.4, 0.5) is 0 Å². The maximum Gasteiger partial charge on any atom is 0.224 e. The zero-order chi connectivity index (χ0) is 20.5. The molecule has 1 rings (SSSR count). The van der Waals surface area contributed by atoms with Crippen LogP contribution in [0.25, 0.3) is 0 Å². The normalized spacial score (nSPS) is 13.4. The molecule has 0 aliphatic rings. The summed E-state index contributed by atoms with van der Waals surface area (Å²) in [7, 11) is 0. The molecule has 0 fully saturated rings. The van der Waals surface area contributed by atoms with Crippen molar-refractivity contribution in [3.8, 4) is 0 Å². The van der Waals surface area contributed by atoms with Crippen molar-refractivity contribution in [1.29, 1.82) is 0 Å². The molecule has 1 amide bonds. The van der Waals surface area contributed by atoms with Gasteiger partial charge in [0.1, 0.15) is 0 Å². The second-order valence-electron chi connectivity index (χ2n) is 8.54. The minimum absolute atomic E-state index is 0.122. The number of carbonyl (C=O) groups excluding carboxylic acids is 1. The number of primary amides is 1. The summed E-state index contributed by atoms with van der Waals surface area (Å²) in [6, 6.07) is 9.99. The summed E-state index contributed by atoms with van der Waals surface area (Å²) in [5.41, 5.74) is 6.68. The Bertz CT molecular complexity index is 484. The molecule has 0 aliphatic carbocycles. The minimum atomic E-state index is -0.188. The molecule has 0 saturated heterocycles. The number of rotatable bonds is 18. The highest BCUT2D eigenvalue weighted by Crippen LogP contribution is 2.24. The standard InChI is InChI=1S/C26H45NO/c1-3-5-6-7-9-13-18-23(4-2)19-14-10-8-11-17-22-25(26(27)28)24-20-15-12-16-21-24/h12,15-16,20-21,23,25H,3-11,13-14,17-19,22H2,1-2H3,(H2,27,28). The van der Waals surface area contributed by atoms with E-state index in [0.29, 0.717) is 0 Å². The lowest BCUT2D eigenvalue weighted by molar-refractivity contribution is -0.119. The van der Waals surface area contributed by atoms with Crippen molar-refractivity contribution in [3.63, 3.8) is 0 Å². The van der Waals surface area contributed by atoms with Crippen LogP contribution in [0.2, 0.25) is 0 Å². The molecular formula is C26H45NO. The van der Waals surface area contributed by atoms with Crippen LogP contribution in [0.15, 0.2) is 30.3 Å². The zero-order valence-electron chi connectivity index (χ0n) is 18.6. The summed E-state index contributed by atoms with van der Waals surface area (Å²) in [6.45, 7) is 4.64. The molecule has 160 valence electrons. The van der Waals surface area contributed by atoms with Gasteiger partial charge in [-0.15, -0.1) is 0 Å². The third kappa shape index (κ3) is 11.5. The number of hydrogen-bond donors (Lipinski definition) is 1. The monoisotopic (exact) mass is 387 g/mol. The Hall–Kier alpha value is -1.31. The average Bonchev–Trinajstić information content (AvgIpc) is 2.71. The molecule has 0 radical (unpaired) electrons. The molecule has 1 aromatic carbocycles. The van der Waals surface area contributed by atoms with Gasteiger partial charge < -0.3 is 5.73 Å². The Balaban J connectivity index is 2.07. The Morgan fingerprint density at radius 3 is 1.75 bits per heavy atom. The molecule has 0 aromatic heterocycles. The average molecular weight is 388 g/mol. The fraction of sp³-hybridized carbons (Fsp3) is 0.731. The van der Waals surface area contributed by atoms with Crippen LogP contribution in [-0.2, 0) is 4.79 Å². The van der Waals surface area contributed by atoms with E-state index in [4.69, 9.17) is 5.73 Å². The van der Waals surface area contributed by atoms with Crippen LogP contribution >= 0.6 is 0 Å². The van der Waals surface area contributed by atoms with Crippen molar-refractivity contribution in [2.24, 2.45) is 11.7 Å². The first-order chi connectivity index (χ1) is 13.7. The highest BCUT2D eigenvalue weighted by molar-refractivity contribution is 5.81. The Labute approximate surface area is 174 Å². The molecule has 0 bridgehead atoms. The SMILES string of the molecule is CCCCCCCCC(CC)CCCCCCCC(C(N)=O)c1ccccc1. The van der Waals surface area contributed by atoms with Gasteiger partial charge in [-0.1, -0.05) is 134 Å². The molecule has 0 spiro atoms. The minimum Gasteiger partial charge on any atom is -0.369 e. The van der Waals surface area contributed by atoms with Gasteiger partial charge >= 0.3 is 0 Å². The largest absolute Gasteiger partial charge is 0.369 e. The molecule has 2 atom stereocenters. The van der Waals surface area contributed by atoms with E-state index in [0.717, 1.165) is 24.3 Å². The molecule has 0 heterocycles. The molecule has 2 N–H and O–H groups in total. The molecule has 2 nitrogen and oxygen atoms in total. The van der Waals surface area contributed by atoms with Gasteiger partial charge in [-0.2, -0.15) is 0 Å². The Morgan fingerprint density at radius 2 is 1.25 bits per heavy atom. The maximum atomic E-state index is 11.8. The summed E-state index contributed by atoms with van der Waals surface area (Å²) in [4.78, 5) is 11.8. The summed E-state index contributed by atoms with van der Waals surface area (Å²) >= 11 is 0. The second kappa shape index (κ2) is 16.6. The van der Waals surface area contributed by atoms with Crippen molar-refractivity contribution < 1.29 is 4.79 Å². The lowest BCUT2D eigenvalue weighted by Gasteiger charge is -2.15. The van der Waals surface area contributed by atoms with Crippen molar-refractivity contribution in [1.82, 2.24) is 0 Å². The first-order valence-corrected chi connectivity index (χ1v) is 12.0. The van der Waals surface area contributed by atoms with Crippen molar-refractivity contribution in [2.45, 2.75) is 116 Å². The van der Waals surface area contributed by atoms with Gasteiger partial charge in [-0.05, 0) is 17.9 Å². The maximum absolute atomic E-state index is 11.8. The highest BCUT2D eigenvalue weighted by Gasteiger charge is 2.16. The van der Waals surface area contributed by atoms with Gasteiger partial charge in [0, 0.05) is 0 Å². The van der Waals surface area contributed by atoms with E-state index in [1.165, 1.54) is 83.5 Å². The predicted molar refractivity (Wildman–Crippen MR) is 122 cm³/mol. The summed E-state index contributed by atoms with van der Waals surface area (Å²) in [6.07, 6.45) is 19.8. The van der Waals surface area contributed by atoms with E-state index in [-0.39, 0.29) is 11.8 Å². The zero-order valence-corrected chi connectivity index (χ0v) is 18.6. The lowest BCUT2D eigenvalue weighted by atomic mass is 9.91. The molecule has 2 unspecified atom stereocenters. The van der Waals surface area contributed by atoms with Crippen LogP contribution in [0.5, 0.6) is 0 Å². The fourth-order valence-corrected chi connectivity index (χ4v) is 4.24. The number of unbranched alkanes of at least 4 members (excludes halogenated alkanes) is 9. The van der Waals surface area contributed by atoms with E-state index in [1.54, 1.807) is 0 Å². The van der Waals surface area contributed by atoms with Gasteiger partial charge in [-0.3, -0.25) is 4.79 Å². The number of hydrogen-bond acceptors (Lipinski definition) is 1. The van der Waals surface area contributed by atoms with Crippen molar-refractivity contribution >= 4 is 5.91 Å². The topological polar surface area (TPSA) is 43.1 Å². The quantitative estimate of drug-likeness (QED) is 0.257. The Kier molecular flexibility index (Phi) is 14.7. The van der Waals surface area contributed by atoms with E-state index in [1.807, 2.05) is 30.3 Å². The van der Waals surface area contributed by atoms with Crippen LogP contribution in [0.1, 0.15) is 122 Å². The van der Waals surface area contributed by atoms with Crippen molar-refractivity contribution in [2.75, 3.05) is 0 Å². The Morgan fingerprint density at radius 1 is 0.750 bits per heavy atom. The van der Waals surface area contributed by atoms with E-state index in [9.17, 15) is 4.79 Å². The molecule has 0 aliphatic heterocycles. The number of amides is 1. The van der Waals surface area contributed by atoms with Gasteiger partial charge in [0.25, 0.3) is 0 Å². The van der Waals surface area contributed by atoms with Gasteiger partial charge in [-0.25, -0.2) is 0 Å². The highest BCUT2D eigenvalue weighted by atomic mass is 16.1. The molecule has 2 heteroatoms. The third-order valence-corrected chi connectivity index (χ3v) is 6.19. The molecule has 0 saturated carbocycles. The van der Waals surface area contributed by atoms with E-state index >= 15 is 0 Å². The number of nitrogens with two attached hydrogens (primary N) is 1. The first-order valence-electron chi connectivity index (χ1n) is 12.0. The van der Waals surface area contributed by atoms with Crippen LogP contribution in [0.3, 0.4) is 0 Å². The van der Waals surface area contributed by atoms with Crippen LogP contribution in [-0.4, -0.2) is 5.91 Å². The fourth-order valence-electron chi connectivity index (χ4n) is 4.24. The van der Waals surface area contributed by atoms with Gasteiger partial charge in [0.05, 0.1) is 5.92 Å². The second-order valence-corrected chi connectivity index (χ2v) is 8.54. The van der Waals surface area contributed by atoms with Crippen LogP contribution in [0, 0.1) is 5.92 Å². The smallest absolute Gasteiger partial charge is 0.224 e. The summed E-state index contributed by atoms with van der Waals surface area (Å²) in [5.74, 6) is 0.623. The number of benzene rings is 1. The van der Waals surface area contributed by atoms with Gasteiger partial charge in [0.15, 0.2) is 0 Å². The molecular weight excluding hydrogens is 342 g/mol. The van der Waals surface area contributed by atoms with Gasteiger partial charge in [0.2, 0.25) is 5.91 Å². The molecule has 28 heavy (non-hydrogen) atoms. The van der Waals surface area contributed by atoms with Crippen molar-refractivity contribution in [3.05, 3.63) is 35.9 Å². The number of carbonyl (C=O) groups is 1. The predicted octanol–water partition coefficient (Wildman–Crippen LogP) is 7.76. The van der Waals surface area contributed by atoms with Crippen LogP contribution < -0.4 is 5.73 Å². The first kappa shape index (κ1) is 24.7. The lowest BCUT2D eigenvalue weighted by Crippen LogP contribution is -2.21.